The van der Waals surface area contributed by atoms with E-state index < -0.39 is 0 Å². The minimum atomic E-state index is -0.127. The first kappa shape index (κ1) is 19.1. The number of nitrogen functional groups attached to an aromatic ring is 1. The first-order valence-corrected chi connectivity index (χ1v) is 8.44. The molecule has 0 spiro atoms. The summed E-state index contributed by atoms with van der Waals surface area (Å²) < 4.78 is 11.1. The lowest BCUT2D eigenvalue weighted by Crippen LogP contribution is -2.24. The molecule has 1 aromatic heterocycles. The third kappa shape index (κ3) is 4.64. The molecule has 7 nitrogen and oxygen atoms in total. The number of aromatic nitrogens is 2. The monoisotopic (exact) mass is 366 g/mol. The Morgan fingerprint density at radius 3 is 2.60 bits per heavy atom. The van der Waals surface area contributed by atoms with Crippen LogP contribution in [0.2, 0.25) is 5.02 Å². The van der Waals surface area contributed by atoms with Crippen molar-refractivity contribution >= 4 is 23.4 Å². The highest BCUT2D eigenvalue weighted by Gasteiger charge is 2.14. The first-order chi connectivity index (χ1) is 12.0. The van der Waals surface area contributed by atoms with Crippen LogP contribution in [0.25, 0.3) is 0 Å². The summed E-state index contributed by atoms with van der Waals surface area (Å²) in [5.74, 6) is 2.03. The molecule has 136 valence electrons. The highest BCUT2D eigenvalue weighted by Crippen LogP contribution is 2.36. The van der Waals surface area contributed by atoms with Crippen LogP contribution in [0, 0.1) is 0 Å². The highest BCUT2D eigenvalue weighted by atomic mass is 35.5. The highest BCUT2D eigenvalue weighted by molar-refractivity contribution is 6.32. The van der Waals surface area contributed by atoms with E-state index in [4.69, 9.17) is 26.8 Å². The van der Waals surface area contributed by atoms with Crippen molar-refractivity contribution in [2.75, 3.05) is 24.8 Å². The van der Waals surface area contributed by atoms with E-state index in [2.05, 4.69) is 15.3 Å². The maximum atomic E-state index is 9.24. The van der Waals surface area contributed by atoms with Crippen LogP contribution in [0.4, 0.5) is 11.8 Å². The summed E-state index contributed by atoms with van der Waals surface area (Å²) in [6.07, 6.45) is 2.96. The molecule has 0 amide bonds. The SMILES string of the molecule is CCc1cc(OC)c(Cl)cc1Oc1cnc(N[C@H](CC)CO)nc1N. The molecule has 1 aromatic carbocycles. The number of hydrogen-bond donors (Lipinski definition) is 3. The van der Waals surface area contributed by atoms with Gasteiger partial charge in [0.1, 0.15) is 11.5 Å². The zero-order chi connectivity index (χ0) is 18.4. The van der Waals surface area contributed by atoms with E-state index in [-0.39, 0.29) is 18.5 Å². The van der Waals surface area contributed by atoms with Gasteiger partial charge >= 0.3 is 0 Å². The molecule has 2 rings (SSSR count). The minimum Gasteiger partial charge on any atom is -0.495 e. The van der Waals surface area contributed by atoms with Gasteiger partial charge < -0.3 is 25.6 Å². The van der Waals surface area contributed by atoms with Gasteiger partial charge in [0.05, 0.1) is 31.0 Å². The molecule has 0 radical (unpaired) electrons. The van der Waals surface area contributed by atoms with Gasteiger partial charge in [0.15, 0.2) is 11.6 Å². The topological polar surface area (TPSA) is 103 Å². The number of ether oxygens (including phenoxy) is 2. The van der Waals surface area contributed by atoms with Gasteiger partial charge in [-0.2, -0.15) is 4.98 Å². The average Bonchev–Trinajstić information content (AvgIpc) is 2.62. The van der Waals surface area contributed by atoms with Gasteiger partial charge in [-0.1, -0.05) is 25.4 Å². The minimum absolute atomic E-state index is 0.0117. The first-order valence-electron chi connectivity index (χ1n) is 8.06. The normalized spacial score (nSPS) is 11.9. The standard InChI is InChI=1S/C17H23ClN4O3/c1-4-10-6-14(24-3)12(18)7-13(10)25-15-8-20-17(22-16(15)19)21-11(5-2)9-23/h6-8,11,23H,4-5,9H2,1-3H3,(H3,19,20,21,22)/t11-/m1/s1. The maximum Gasteiger partial charge on any atom is 0.225 e. The zero-order valence-corrected chi connectivity index (χ0v) is 15.3. The lowest BCUT2D eigenvalue weighted by Gasteiger charge is -2.16. The molecule has 1 heterocycles. The quantitative estimate of drug-likeness (QED) is 0.658. The van der Waals surface area contributed by atoms with E-state index in [1.165, 1.54) is 6.20 Å². The molecule has 4 N–H and O–H groups in total. The number of nitrogens with one attached hydrogen (secondary N) is 1. The molecular weight excluding hydrogens is 344 g/mol. The molecule has 25 heavy (non-hydrogen) atoms. The molecule has 8 heteroatoms. The second-order valence-electron chi connectivity index (χ2n) is 5.43. The van der Waals surface area contributed by atoms with Gasteiger partial charge in [-0.25, -0.2) is 4.98 Å². The molecule has 0 aliphatic rings. The van der Waals surface area contributed by atoms with Crippen molar-refractivity contribution in [3.05, 3.63) is 28.9 Å². The van der Waals surface area contributed by atoms with E-state index >= 15 is 0 Å². The Kier molecular flexibility index (Phi) is 6.66. The van der Waals surface area contributed by atoms with Crippen molar-refractivity contribution in [3.63, 3.8) is 0 Å². The summed E-state index contributed by atoms with van der Waals surface area (Å²) >= 11 is 6.18. The van der Waals surface area contributed by atoms with E-state index in [1.807, 2.05) is 19.9 Å². The van der Waals surface area contributed by atoms with Crippen LogP contribution >= 0.6 is 11.6 Å². The molecule has 1 atom stereocenters. The molecular formula is C17H23ClN4O3. The van der Waals surface area contributed by atoms with E-state index in [0.717, 1.165) is 18.4 Å². The number of aryl methyl sites for hydroxylation is 1. The Bertz CT molecular complexity index is 723. The van der Waals surface area contributed by atoms with Crippen LogP contribution in [0.15, 0.2) is 18.3 Å². The lowest BCUT2D eigenvalue weighted by molar-refractivity contribution is 0.271. The molecule has 0 aliphatic carbocycles. The number of anilines is 2. The van der Waals surface area contributed by atoms with Gasteiger partial charge in [-0.05, 0) is 24.5 Å². The fourth-order valence-electron chi connectivity index (χ4n) is 2.21. The Hall–Kier alpha value is -2.25. The summed E-state index contributed by atoms with van der Waals surface area (Å²) in [5, 5.41) is 12.7. The zero-order valence-electron chi connectivity index (χ0n) is 14.5. The number of rotatable bonds is 8. The van der Waals surface area contributed by atoms with Crippen LogP contribution in [0.5, 0.6) is 17.2 Å². The van der Waals surface area contributed by atoms with Crippen molar-refractivity contribution in [2.24, 2.45) is 0 Å². The predicted octanol–water partition coefficient (Wildman–Crippen LogP) is 3.26. The van der Waals surface area contributed by atoms with E-state index in [9.17, 15) is 5.11 Å². The molecule has 0 saturated carbocycles. The van der Waals surface area contributed by atoms with Crippen LogP contribution in [-0.2, 0) is 6.42 Å². The number of nitrogens with zero attached hydrogens (tertiary/aromatic N) is 2. The fourth-order valence-corrected chi connectivity index (χ4v) is 2.45. The lowest BCUT2D eigenvalue weighted by atomic mass is 10.1. The smallest absolute Gasteiger partial charge is 0.225 e. The predicted molar refractivity (Wildman–Crippen MR) is 98.7 cm³/mol. The van der Waals surface area contributed by atoms with Gasteiger partial charge in [0.25, 0.3) is 0 Å². The third-order valence-electron chi connectivity index (χ3n) is 3.77. The molecule has 0 fully saturated rings. The van der Waals surface area contributed by atoms with Gasteiger partial charge in [-0.3, -0.25) is 0 Å². The fraction of sp³-hybridized carbons (Fsp3) is 0.412. The molecule has 0 aliphatic heterocycles. The van der Waals surface area contributed by atoms with Crippen molar-refractivity contribution in [2.45, 2.75) is 32.7 Å². The number of methoxy groups -OCH3 is 1. The summed E-state index contributed by atoms with van der Waals surface area (Å²) in [7, 11) is 1.56. The number of halogens is 1. The van der Waals surface area contributed by atoms with Crippen molar-refractivity contribution in [3.8, 4) is 17.2 Å². The van der Waals surface area contributed by atoms with Crippen LogP contribution in [0.1, 0.15) is 25.8 Å². The summed E-state index contributed by atoms with van der Waals surface area (Å²) in [6.45, 7) is 3.94. The second-order valence-corrected chi connectivity index (χ2v) is 5.83. The van der Waals surface area contributed by atoms with Crippen LogP contribution < -0.4 is 20.5 Å². The number of aliphatic hydroxyl groups excluding tert-OH is 1. The van der Waals surface area contributed by atoms with Crippen molar-refractivity contribution < 1.29 is 14.6 Å². The average molecular weight is 367 g/mol. The molecule has 0 bridgehead atoms. The van der Waals surface area contributed by atoms with Gasteiger partial charge in [0.2, 0.25) is 5.95 Å². The maximum absolute atomic E-state index is 9.24. The molecule has 0 saturated heterocycles. The Balaban J connectivity index is 2.24. The van der Waals surface area contributed by atoms with Crippen molar-refractivity contribution in [1.82, 2.24) is 9.97 Å². The van der Waals surface area contributed by atoms with Crippen LogP contribution in [-0.4, -0.2) is 34.8 Å². The number of hydrogen-bond acceptors (Lipinski definition) is 7. The Morgan fingerprint density at radius 1 is 1.28 bits per heavy atom. The summed E-state index contributed by atoms with van der Waals surface area (Å²) in [5.41, 5.74) is 6.90. The summed E-state index contributed by atoms with van der Waals surface area (Å²) in [4.78, 5) is 8.37. The third-order valence-corrected chi connectivity index (χ3v) is 4.06. The number of nitrogens with two attached hydrogens (primary N) is 1. The largest absolute Gasteiger partial charge is 0.495 e. The second kappa shape index (κ2) is 8.73. The van der Waals surface area contributed by atoms with Gasteiger partial charge in [-0.15, -0.1) is 0 Å². The molecule has 0 unspecified atom stereocenters. The Morgan fingerprint density at radius 2 is 2.04 bits per heavy atom. The van der Waals surface area contributed by atoms with E-state index in [0.29, 0.717) is 28.2 Å². The van der Waals surface area contributed by atoms with Crippen LogP contribution in [0.3, 0.4) is 0 Å². The summed E-state index contributed by atoms with van der Waals surface area (Å²) in [6, 6.07) is 3.39. The Labute approximate surface area is 152 Å². The number of aliphatic hydroxyl groups is 1. The van der Waals surface area contributed by atoms with E-state index in [1.54, 1.807) is 13.2 Å². The number of benzene rings is 1. The molecule has 2 aromatic rings. The van der Waals surface area contributed by atoms with Gasteiger partial charge in [0, 0.05) is 6.07 Å². The van der Waals surface area contributed by atoms with Crippen molar-refractivity contribution in [1.29, 1.82) is 0 Å².